The highest BCUT2D eigenvalue weighted by Crippen LogP contribution is 2.39. The SMILES string of the molecule is COc1ccccc1S(=O)C1=NC(Nc2c3c(cc4c2CCC4)CCC3)N(SF)N1. The number of nitrogens with zero attached hydrogens (tertiary/aromatic N) is 2. The number of hydrogen-bond acceptors (Lipinski definition) is 7. The normalized spacial score (nSPS) is 21.0. The predicted octanol–water partition coefficient (Wildman–Crippen LogP) is 3.88. The van der Waals surface area contributed by atoms with Crippen molar-refractivity contribution in [2.45, 2.75) is 49.7 Å². The van der Waals surface area contributed by atoms with E-state index in [4.69, 9.17) is 4.74 Å². The van der Waals surface area contributed by atoms with Crippen molar-refractivity contribution in [2.75, 3.05) is 12.4 Å². The van der Waals surface area contributed by atoms with Crippen LogP contribution in [-0.2, 0) is 36.5 Å². The first-order valence-corrected chi connectivity index (χ1v) is 11.9. The van der Waals surface area contributed by atoms with Crippen molar-refractivity contribution in [3.63, 3.8) is 0 Å². The number of rotatable bonds is 5. The molecule has 30 heavy (non-hydrogen) atoms. The van der Waals surface area contributed by atoms with E-state index in [1.807, 2.05) is 6.07 Å². The van der Waals surface area contributed by atoms with Gasteiger partial charge in [0.1, 0.15) is 16.5 Å². The fourth-order valence-corrected chi connectivity index (χ4v) is 6.05. The molecule has 2 aromatic carbocycles. The number of aliphatic imine (C=N–C) groups is 1. The van der Waals surface area contributed by atoms with Crippen LogP contribution in [0.15, 0.2) is 40.2 Å². The third kappa shape index (κ3) is 3.38. The van der Waals surface area contributed by atoms with Crippen molar-refractivity contribution in [1.29, 1.82) is 0 Å². The predicted molar refractivity (Wildman–Crippen MR) is 118 cm³/mol. The second-order valence-corrected chi connectivity index (χ2v) is 9.51. The molecule has 2 aliphatic carbocycles. The molecule has 2 aromatic rings. The monoisotopic (exact) mass is 446 g/mol. The summed E-state index contributed by atoms with van der Waals surface area (Å²) >= 11 is 0.0321. The zero-order chi connectivity index (χ0) is 20.7. The molecular weight excluding hydrogens is 423 g/mol. The molecule has 0 fully saturated rings. The molecule has 0 aromatic heterocycles. The number of amidine groups is 1. The summed E-state index contributed by atoms with van der Waals surface area (Å²) in [5, 5.41) is 3.66. The van der Waals surface area contributed by atoms with E-state index in [9.17, 15) is 8.09 Å². The van der Waals surface area contributed by atoms with E-state index in [0.29, 0.717) is 10.6 Å². The fraction of sp³-hybridized carbons (Fsp3) is 0.381. The molecule has 0 radical (unpaired) electrons. The zero-order valence-electron chi connectivity index (χ0n) is 16.6. The Morgan fingerprint density at radius 3 is 2.57 bits per heavy atom. The summed E-state index contributed by atoms with van der Waals surface area (Å²) in [6.45, 7) is 0. The maximum absolute atomic E-state index is 13.7. The molecule has 9 heteroatoms. The van der Waals surface area contributed by atoms with E-state index < -0.39 is 17.1 Å². The van der Waals surface area contributed by atoms with Gasteiger partial charge in [0.15, 0.2) is 12.3 Å². The van der Waals surface area contributed by atoms with Gasteiger partial charge in [-0.1, -0.05) is 22.6 Å². The third-order valence-electron chi connectivity index (χ3n) is 5.93. The molecule has 2 atom stereocenters. The Hall–Kier alpha value is -2.10. The van der Waals surface area contributed by atoms with Crippen LogP contribution in [0.25, 0.3) is 0 Å². The van der Waals surface area contributed by atoms with Crippen LogP contribution < -0.4 is 15.5 Å². The summed E-state index contributed by atoms with van der Waals surface area (Å²) in [5.41, 5.74) is 9.39. The van der Waals surface area contributed by atoms with Crippen LogP contribution in [0, 0.1) is 0 Å². The van der Waals surface area contributed by atoms with E-state index in [2.05, 4.69) is 21.8 Å². The molecule has 6 nitrogen and oxygen atoms in total. The maximum Gasteiger partial charge on any atom is 0.211 e. The van der Waals surface area contributed by atoms with Gasteiger partial charge in [-0.25, -0.2) is 9.20 Å². The minimum absolute atomic E-state index is 0.0321. The lowest BCUT2D eigenvalue weighted by Crippen LogP contribution is -2.39. The molecule has 0 saturated heterocycles. The van der Waals surface area contributed by atoms with Gasteiger partial charge in [-0.05, 0) is 72.9 Å². The summed E-state index contributed by atoms with van der Waals surface area (Å²) in [6.07, 6.45) is 5.83. The first-order chi connectivity index (χ1) is 14.7. The highest BCUT2D eigenvalue weighted by molar-refractivity contribution is 8.00. The molecule has 1 aliphatic heterocycles. The molecule has 0 bridgehead atoms. The Morgan fingerprint density at radius 1 is 1.20 bits per heavy atom. The summed E-state index contributed by atoms with van der Waals surface area (Å²) in [5.74, 6) is 0.509. The summed E-state index contributed by atoms with van der Waals surface area (Å²) in [6, 6.07) is 9.43. The number of anilines is 1. The van der Waals surface area contributed by atoms with Gasteiger partial charge in [0.05, 0.1) is 12.0 Å². The minimum Gasteiger partial charge on any atom is -0.495 e. The lowest BCUT2D eigenvalue weighted by atomic mass is 9.99. The third-order valence-corrected chi connectivity index (χ3v) is 7.66. The van der Waals surface area contributed by atoms with Gasteiger partial charge in [-0.2, -0.15) is 0 Å². The fourth-order valence-electron chi connectivity index (χ4n) is 4.58. The number of methoxy groups -OCH3 is 1. The van der Waals surface area contributed by atoms with Gasteiger partial charge < -0.3 is 10.1 Å². The van der Waals surface area contributed by atoms with Crippen LogP contribution in [0.2, 0.25) is 0 Å². The van der Waals surface area contributed by atoms with Crippen LogP contribution in [0.5, 0.6) is 5.75 Å². The number of fused-ring (bicyclic) bond motifs is 2. The topological polar surface area (TPSA) is 66.0 Å². The van der Waals surface area contributed by atoms with E-state index in [-0.39, 0.29) is 17.5 Å². The van der Waals surface area contributed by atoms with Crippen LogP contribution in [-0.4, -0.2) is 27.2 Å². The second-order valence-electron chi connectivity index (χ2n) is 7.61. The van der Waals surface area contributed by atoms with Gasteiger partial charge in [-0.15, -0.1) is 3.89 Å². The molecular formula is C21H23FN4O2S2. The standard InChI is InChI=1S/C21H23FN4O2S2/c1-28-17-10-2-3-11-18(17)30(27)21-24-20(26(25-21)29-22)23-19-15-8-4-6-13(15)12-14-7-5-9-16(14)19/h2-3,10-12,20,23H,4-9H2,1H3,(H,24,25). The zero-order valence-corrected chi connectivity index (χ0v) is 18.2. The summed E-state index contributed by atoms with van der Waals surface area (Å²) in [4.78, 5) is 5.04. The Labute approximate surface area is 182 Å². The Kier molecular flexibility index (Phi) is 5.43. The molecule has 1 heterocycles. The number of para-hydroxylation sites is 1. The van der Waals surface area contributed by atoms with Crippen molar-refractivity contribution in [3.8, 4) is 5.75 Å². The van der Waals surface area contributed by atoms with Gasteiger partial charge in [0.2, 0.25) is 11.5 Å². The number of nitrogens with one attached hydrogen (secondary N) is 2. The van der Waals surface area contributed by atoms with Crippen LogP contribution in [0.3, 0.4) is 0 Å². The van der Waals surface area contributed by atoms with Gasteiger partial charge in [-0.3, -0.25) is 5.43 Å². The highest BCUT2D eigenvalue weighted by Gasteiger charge is 2.34. The molecule has 2 unspecified atom stereocenters. The minimum atomic E-state index is -1.62. The first kappa shape index (κ1) is 19.8. The first-order valence-electron chi connectivity index (χ1n) is 10.1. The van der Waals surface area contributed by atoms with E-state index in [1.165, 1.54) is 33.8 Å². The average molecular weight is 447 g/mol. The van der Waals surface area contributed by atoms with Crippen molar-refractivity contribution in [3.05, 3.63) is 52.6 Å². The smallest absolute Gasteiger partial charge is 0.211 e. The highest BCUT2D eigenvalue weighted by atomic mass is 32.2. The number of aryl methyl sites for hydroxylation is 2. The quantitative estimate of drug-likeness (QED) is 0.680. The lowest BCUT2D eigenvalue weighted by Gasteiger charge is -2.23. The Bertz CT molecular complexity index is 1010. The number of benzene rings is 2. The number of hydrogen-bond donors (Lipinski definition) is 2. The number of halogens is 1. The maximum atomic E-state index is 13.7. The molecule has 0 amide bonds. The van der Waals surface area contributed by atoms with Gasteiger partial charge in [0.25, 0.3) is 0 Å². The van der Waals surface area contributed by atoms with Crippen LogP contribution in [0.4, 0.5) is 9.57 Å². The Balaban J connectivity index is 1.47. The molecule has 0 saturated carbocycles. The summed E-state index contributed by atoms with van der Waals surface area (Å²) < 4.78 is 33.4. The van der Waals surface area contributed by atoms with Gasteiger partial charge >= 0.3 is 0 Å². The molecule has 0 spiro atoms. The van der Waals surface area contributed by atoms with Gasteiger partial charge in [0, 0.05) is 5.69 Å². The van der Waals surface area contributed by atoms with Crippen molar-refractivity contribution in [2.24, 2.45) is 4.99 Å². The largest absolute Gasteiger partial charge is 0.495 e. The second kappa shape index (κ2) is 8.20. The Morgan fingerprint density at radius 2 is 1.90 bits per heavy atom. The molecule has 2 N–H and O–H groups in total. The van der Waals surface area contributed by atoms with Crippen molar-refractivity contribution >= 4 is 34.0 Å². The van der Waals surface area contributed by atoms with E-state index in [1.54, 1.807) is 18.2 Å². The van der Waals surface area contributed by atoms with Crippen molar-refractivity contribution < 1.29 is 12.8 Å². The van der Waals surface area contributed by atoms with Crippen LogP contribution >= 0.6 is 12.3 Å². The number of ether oxygens (including phenoxy) is 1. The van der Waals surface area contributed by atoms with E-state index in [0.717, 1.165) is 44.2 Å². The van der Waals surface area contributed by atoms with Crippen molar-refractivity contribution in [1.82, 2.24) is 9.84 Å². The average Bonchev–Trinajstić information content (AvgIpc) is 3.52. The molecule has 5 rings (SSSR count). The summed E-state index contributed by atoms with van der Waals surface area (Å²) in [7, 11) is -0.0850. The van der Waals surface area contributed by atoms with E-state index >= 15 is 0 Å². The molecule has 3 aliphatic rings. The van der Waals surface area contributed by atoms with Crippen LogP contribution in [0.1, 0.15) is 35.1 Å². The molecule has 158 valence electrons. The lowest BCUT2D eigenvalue weighted by molar-refractivity contribution is 0.381. The number of hydrazine groups is 1.